The number of carbonyl (C=O) groups is 2. The minimum absolute atomic E-state index is 0.0399. The van der Waals surface area contributed by atoms with Gasteiger partial charge in [0.25, 0.3) is 5.91 Å². The highest BCUT2D eigenvalue weighted by molar-refractivity contribution is 7.18. The molecule has 2 atom stereocenters. The number of hydrogen-bond donors (Lipinski definition) is 0. The van der Waals surface area contributed by atoms with Gasteiger partial charge in [0.2, 0.25) is 0 Å². The Hall–Kier alpha value is -3.00. The third-order valence-electron chi connectivity index (χ3n) is 6.86. The zero-order valence-electron chi connectivity index (χ0n) is 19.0. The Kier molecular flexibility index (Phi) is 6.76. The first kappa shape index (κ1) is 22.8. The molecule has 1 saturated heterocycles. The first-order valence-electron chi connectivity index (χ1n) is 11.9. The summed E-state index contributed by atoms with van der Waals surface area (Å²) >= 11 is 1.65. The van der Waals surface area contributed by atoms with Crippen LogP contribution in [0.4, 0.5) is 10.1 Å². The SMILES string of the molecule is O=C(OCC(=O)N1CCN(c2ccccc2F)CC1)C1CCCCC1c1nc2ccccc2s1. The van der Waals surface area contributed by atoms with Crippen molar-refractivity contribution in [3.8, 4) is 0 Å². The maximum atomic E-state index is 14.0. The minimum Gasteiger partial charge on any atom is -0.455 e. The molecule has 6 nitrogen and oxygen atoms in total. The van der Waals surface area contributed by atoms with E-state index in [0.717, 1.165) is 40.9 Å². The number of para-hydroxylation sites is 2. The molecule has 1 aliphatic carbocycles. The van der Waals surface area contributed by atoms with E-state index in [1.807, 2.05) is 29.2 Å². The second-order valence-electron chi connectivity index (χ2n) is 8.94. The molecule has 1 saturated carbocycles. The van der Waals surface area contributed by atoms with Crippen molar-refractivity contribution in [1.29, 1.82) is 0 Å². The molecule has 1 amide bonds. The van der Waals surface area contributed by atoms with Crippen molar-refractivity contribution in [1.82, 2.24) is 9.88 Å². The molecule has 2 unspecified atom stereocenters. The van der Waals surface area contributed by atoms with Crippen LogP contribution in [0.2, 0.25) is 0 Å². The van der Waals surface area contributed by atoms with Gasteiger partial charge in [0.1, 0.15) is 5.82 Å². The Morgan fingerprint density at radius 2 is 1.74 bits per heavy atom. The molecular weight excluding hydrogens is 453 g/mol. The fourth-order valence-corrected chi connectivity index (χ4v) is 6.16. The number of fused-ring (bicyclic) bond motifs is 1. The topological polar surface area (TPSA) is 62.7 Å². The predicted octanol–water partition coefficient (Wildman–Crippen LogP) is 4.60. The lowest BCUT2D eigenvalue weighted by atomic mass is 9.79. The molecule has 2 fully saturated rings. The molecule has 1 aromatic heterocycles. The highest BCUT2D eigenvalue weighted by Crippen LogP contribution is 2.41. The summed E-state index contributed by atoms with van der Waals surface area (Å²) in [7, 11) is 0. The zero-order chi connectivity index (χ0) is 23.5. The number of ether oxygens (including phenoxy) is 1. The maximum absolute atomic E-state index is 14.0. The van der Waals surface area contributed by atoms with Crippen molar-refractivity contribution >= 4 is 39.1 Å². The number of esters is 1. The Morgan fingerprint density at radius 1 is 1.00 bits per heavy atom. The summed E-state index contributed by atoms with van der Waals surface area (Å²) < 4.78 is 20.7. The smallest absolute Gasteiger partial charge is 0.310 e. The number of amides is 1. The van der Waals surface area contributed by atoms with Gasteiger partial charge < -0.3 is 14.5 Å². The van der Waals surface area contributed by atoms with Crippen molar-refractivity contribution in [2.24, 2.45) is 5.92 Å². The minimum atomic E-state index is -0.303. The lowest BCUT2D eigenvalue weighted by molar-refractivity contribution is -0.157. The van der Waals surface area contributed by atoms with Crippen molar-refractivity contribution in [3.63, 3.8) is 0 Å². The van der Waals surface area contributed by atoms with Crippen LogP contribution in [0.25, 0.3) is 10.2 Å². The summed E-state index contributed by atoms with van der Waals surface area (Å²) in [6.07, 6.45) is 3.71. The average molecular weight is 482 g/mol. The summed E-state index contributed by atoms with van der Waals surface area (Å²) in [6.45, 7) is 1.79. The number of piperazine rings is 1. The van der Waals surface area contributed by atoms with Crippen LogP contribution in [0, 0.1) is 11.7 Å². The summed E-state index contributed by atoms with van der Waals surface area (Å²) in [4.78, 5) is 34.1. The van der Waals surface area contributed by atoms with Crippen LogP contribution in [0.5, 0.6) is 0 Å². The zero-order valence-corrected chi connectivity index (χ0v) is 19.8. The van der Waals surface area contributed by atoms with Gasteiger partial charge in [-0.25, -0.2) is 9.37 Å². The number of rotatable bonds is 5. The fraction of sp³-hybridized carbons (Fsp3) is 0.423. The van der Waals surface area contributed by atoms with Gasteiger partial charge in [-0.3, -0.25) is 9.59 Å². The van der Waals surface area contributed by atoms with Gasteiger partial charge in [-0.05, 0) is 37.1 Å². The monoisotopic (exact) mass is 481 g/mol. The fourth-order valence-electron chi connectivity index (χ4n) is 4.99. The first-order chi connectivity index (χ1) is 16.6. The second-order valence-corrected chi connectivity index (χ2v) is 10.0. The number of aromatic nitrogens is 1. The van der Waals surface area contributed by atoms with Crippen molar-refractivity contribution < 1.29 is 18.7 Å². The van der Waals surface area contributed by atoms with Crippen molar-refractivity contribution in [3.05, 3.63) is 59.4 Å². The van der Waals surface area contributed by atoms with Crippen LogP contribution in [0.3, 0.4) is 0 Å². The second kappa shape index (κ2) is 10.1. The highest BCUT2D eigenvalue weighted by Gasteiger charge is 2.35. The standard InChI is InChI=1S/C26H28FN3O3S/c27-20-9-3-5-11-22(20)29-13-15-30(16-14-29)24(31)17-33-26(32)19-8-2-1-7-18(19)25-28-21-10-4-6-12-23(21)34-25/h3-6,9-12,18-19H,1-2,7-8,13-17H2. The van der Waals surface area contributed by atoms with Gasteiger partial charge in [-0.15, -0.1) is 11.3 Å². The van der Waals surface area contributed by atoms with Gasteiger partial charge in [-0.1, -0.05) is 37.1 Å². The van der Waals surface area contributed by atoms with Crippen LogP contribution >= 0.6 is 11.3 Å². The normalized spacial score (nSPS) is 21.0. The Morgan fingerprint density at radius 3 is 2.53 bits per heavy atom. The molecule has 0 bridgehead atoms. The largest absolute Gasteiger partial charge is 0.455 e. The van der Waals surface area contributed by atoms with Crippen LogP contribution in [0.1, 0.15) is 36.6 Å². The first-order valence-corrected chi connectivity index (χ1v) is 12.7. The molecule has 2 heterocycles. The average Bonchev–Trinajstić information content (AvgIpc) is 3.32. The molecule has 0 N–H and O–H groups in total. The van der Waals surface area contributed by atoms with Crippen molar-refractivity contribution in [2.45, 2.75) is 31.6 Å². The van der Waals surface area contributed by atoms with Gasteiger partial charge in [0, 0.05) is 32.1 Å². The molecule has 3 aromatic rings. The lowest BCUT2D eigenvalue weighted by Gasteiger charge is -2.36. The van der Waals surface area contributed by atoms with Crippen LogP contribution in [-0.2, 0) is 14.3 Å². The van der Waals surface area contributed by atoms with E-state index in [0.29, 0.717) is 31.9 Å². The summed E-state index contributed by atoms with van der Waals surface area (Å²) in [6, 6.07) is 14.7. The van der Waals surface area contributed by atoms with E-state index in [-0.39, 0.29) is 36.1 Å². The number of hydrogen-bond acceptors (Lipinski definition) is 6. The van der Waals surface area contributed by atoms with Gasteiger partial charge in [0.15, 0.2) is 6.61 Å². The number of nitrogens with zero attached hydrogens (tertiary/aromatic N) is 3. The molecule has 1 aliphatic heterocycles. The number of thiazole rings is 1. The lowest BCUT2D eigenvalue weighted by Crippen LogP contribution is -2.50. The molecule has 34 heavy (non-hydrogen) atoms. The number of anilines is 1. The summed E-state index contributed by atoms with van der Waals surface area (Å²) in [5.74, 6) is -0.986. The predicted molar refractivity (Wildman–Crippen MR) is 130 cm³/mol. The van der Waals surface area contributed by atoms with E-state index in [1.54, 1.807) is 28.4 Å². The quantitative estimate of drug-likeness (QED) is 0.499. The maximum Gasteiger partial charge on any atom is 0.310 e. The van der Waals surface area contributed by atoms with Crippen LogP contribution in [0.15, 0.2) is 48.5 Å². The number of halogens is 1. The highest BCUT2D eigenvalue weighted by atomic mass is 32.1. The molecule has 0 radical (unpaired) electrons. The van der Waals surface area contributed by atoms with Crippen molar-refractivity contribution in [2.75, 3.05) is 37.7 Å². The van der Waals surface area contributed by atoms with Gasteiger partial charge in [-0.2, -0.15) is 0 Å². The molecular formula is C26H28FN3O3S. The summed E-state index contributed by atoms with van der Waals surface area (Å²) in [5.41, 5.74) is 1.52. The summed E-state index contributed by atoms with van der Waals surface area (Å²) in [5, 5.41) is 0.985. The Labute approximate surface area is 202 Å². The molecule has 2 aliphatic rings. The molecule has 178 valence electrons. The third-order valence-corrected chi connectivity index (χ3v) is 8.03. The number of benzene rings is 2. The van der Waals surface area contributed by atoms with E-state index in [1.165, 1.54) is 6.07 Å². The van der Waals surface area contributed by atoms with E-state index >= 15 is 0 Å². The number of carbonyl (C=O) groups excluding carboxylic acids is 2. The van der Waals surface area contributed by atoms with E-state index < -0.39 is 0 Å². The van der Waals surface area contributed by atoms with Crippen LogP contribution < -0.4 is 4.90 Å². The Balaban J connectivity index is 1.16. The molecule has 2 aromatic carbocycles. The molecule has 0 spiro atoms. The molecule has 8 heteroatoms. The van der Waals surface area contributed by atoms with Gasteiger partial charge >= 0.3 is 5.97 Å². The van der Waals surface area contributed by atoms with Crippen LogP contribution in [-0.4, -0.2) is 54.5 Å². The van der Waals surface area contributed by atoms with E-state index in [4.69, 9.17) is 9.72 Å². The van der Waals surface area contributed by atoms with E-state index in [9.17, 15) is 14.0 Å². The molecule has 5 rings (SSSR count). The van der Waals surface area contributed by atoms with Gasteiger partial charge in [0.05, 0.1) is 26.8 Å². The Bertz CT molecular complexity index is 1140. The third kappa shape index (κ3) is 4.78. The van der Waals surface area contributed by atoms with E-state index in [2.05, 4.69) is 6.07 Å².